The molecule has 6 heteroatoms. The van der Waals surface area contributed by atoms with E-state index in [2.05, 4.69) is 10.6 Å². The number of nitrogens with one attached hydrogen (secondary N) is 2. The molecule has 0 radical (unpaired) electrons. The molecule has 0 unspecified atom stereocenters. The van der Waals surface area contributed by atoms with Gasteiger partial charge in [0.2, 0.25) is 0 Å². The van der Waals surface area contributed by atoms with Gasteiger partial charge in [0.15, 0.2) is 0 Å². The molecule has 1 fully saturated rings. The van der Waals surface area contributed by atoms with Gasteiger partial charge < -0.3 is 10.6 Å². The zero-order chi connectivity index (χ0) is 19.3. The van der Waals surface area contributed by atoms with Crippen LogP contribution in [0.1, 0.15) is 41.6 Å². The fourth-order valence-electron chi connectivity index (χ4n) is 3.52. The second-order valence-corrected chi connectivity index (χ2v) is 6.98. The average Bonchev–Trinajstić information content (AvgIpc) is 2.67. The van der Waals surface area contributed by atoms with Crippen LogP contribution < -0.4 is 10.6 Å². The van der Waals surface area contributed by atoms with Crippen molar-refractivity contribution in [3.05, 3.63) is 65.7 Å². The van der Waals surface area contributed by atoms with Crippen LogP contribution >= 0.6 is 0 Å². The summed E-state index contributed by atoms with van der Waals surface area (Å²) in [5.74, 6) is -0.144. The third-order valence-corrected chi connectivity index (χ3v) is 5.03. The highest BCUT2D eigenvalue weighted by molar-refractivity contribution is 5.96. The Bertz CT molecular complexity index is 754. The number of carbonyl (C=O) groups excluding carboxylic acids is 1. The number of para-hydroxylation sites is 1. The van der Waals surface area contributed by atoms with Gasteiger partial charge in [-0.2, -0.15) is 13.2 Å². The molecule has 2 N–H and O–H groups in total. The molecule has 0 spiro atoms. The normalized spacial score (nSPS) is 20.1. The number of carbonyl (C=O) groups is 1. The Morgan fingerprint density at radius 2 is 1.56 bits per heavy atom. The first-order valence-electron chi connectivity index (χ1n) is 9.19. The predicted molar refractivity (Wildman–Crippen MR) is 99.6 cm³/mol. The minimum atomic E-state index is -4.53. The lowest BCUT2D eigenvalue weighted by Gasteiger charge is -2.29. The van der Waals surface area contributed by atoms with Gasteiger partial charge in [-0.1, -0.05) is 30.3 Å². The molecule has 0 aromatic heterocycles. The van der Waals surface area contributed by atoms with Crippen molar-refractivity contribution < 1.29 is 18.0 Å². The highest BCUT2D eigenvalue weighted by atomic mass is 19.4. The molecule has 1 amide bonds. The molecule has 2 aromatic rings. The van der Waals surface area contributed by atoms with Crippen molar-refractivity contribution >= 4 is 11.6 Å². The lowest BCUT2D eigenvalue weighted by Crippen LogP contribution is -2.39. The Morgan fingerprint density at radius 3 is 2.22 bits per heavy atom. The van der Waals surface area contributed by atoms with Gasteiger partial charge in [0, 0.05) is 18.3 Å². The van der Waals surface area contributed by atoms with E-state index in [0.717, 1.165) is 44.0 Å². The largest absolute Gasteiger partial charge is 0.417 e. The maximum Gasteiger partial charge on any atom is 0.417 e. The van der Waals surface area contributed by atoms with Crippen LogP contribution in [-0.2, 0) is 6.18 Å². The van der Waals surface area contributed by atoms with Gasteiger partial charge in [0.25, 0.3) is 5.91 Å². The van der Waals surface area contributed by atoms with Gasteiger partial charge in [0.05, 0.1) is 11.1 Å². The lowest BCUT2D eigenvalue weighted by atomic mass is 9.85. The first-order valence-corrected chi connectivity index (χ1v) is 9.19. The molecule has 0 atom stereocenters. The second kappa shape index (κ2) is 8.46. The first kappa shape index (κ1) is 19.3. The van der Waals surface area contributed by atoms with E-state index < -0.39 is 17.6 Å². The average molecular weight is 376 g/mol. The Labute approximate surface area is 157 Å². The third-order valence-electron chi connectivity index (χ3n) is 5.03. The van der Waals surface area contributed by atoms with Crippen molar-refractivity contribution in [2.75, 3.05) is 11.9 Å². The van der Waals surface area contributed by atoms with E-state index in [-0.39, 0.29) is 11.6 Å². The van der Waals surface area contributed by atoms with Crippen molar-refractivity contribution in [1.29, 1.82) is 0 Å². The fraction of sp³-hybridized carbons (Fsp3) is 0.381. The predicted octanol–water partition coefficient (Wildman–Crippen LogP) is 5.11. The zero-order valence-corrected chi connectivity index (χ0v) is 14.9. The lowest BCUT2D eigenvalue weighted by molar-refractivity contribution is -0.137. The zero-order valence-electron chi connectivity index (χ0n) is 14.9. The van der Waals surface area contributed by atoms with Crippen molar-refractivity contribution in [3.63, 3.8) is 0 Å². The van der Waals surface area contributed by atoms with Gasteiger partial charge in [0.1, 0.15) is 0 Å². The van der Waals surface area contributed by atoms with E-state index in [0.29, 0.717) is 5.92 Å². The second-order valence-electron chi connectivity index (χ2n) is 6.98. The summed E-state index contributed by atoms with van der Waals surface area (Å²) >= 11 is 0. The first-order chi connectivity index (χ1) is 12.9. The van der Waals surface area contributed by atoms with Crippen LogP contribution in [0.4, 0.5) is 18.9 Å². The smallest absolute Gasteiger partial charge is 0.385 e. The number of rotatable bonds is 5. The van der Waals surface area contributed by atoms with E-state index in [1.807, 2.05) is 30.3 Å². The monoisotopic (exact) mass is 376 g/mol. The van der Waals surface area contributed by atoms with Crippen molar-refractivity contribution in [2.45, 2.75) is 37.9 Å². The number of amides is 1. The van der Waals surface area contributed by atoms with E-state index in [4.69, 9.17) is 0 Å². The highest BCUT2D eigenvalue weighted by Gasteiger charge is 2.35. The summed E-state index contributed by atoms with van der Waals surface area (Å²) in [6.07, 6.45) is -1.10. The maximum atomic E-state index is 13.1. The van der Waals surface area contributed by atoms with Crippen LogP contribution in [-0.4, -0.2) is 18.5 Å². The highest BCUT2D eigenvalue weighted by Crippen LogP contribution is 2.32. The minimum absolute atomic E-state index is 0.0771. The molecular formula is C21H23F3N2O. The Morgan fingerprint density at radius 1 is 0.926 bits per heavy atom. The number of benzene rings is 2. The van der Waals surface area contributed by atoms with Crippen LogP contribution in [0.25, 0.3) is 0 Å². The van der Waals surface area contributed by atoms with Crippen molar-refractivity contribution in [3.8, 4) is 0 Å². The molecule has 0 bridgehead atoms. The van der Waals surface area contributed by atoms with Gasteiger partial charge in [-0.25, -0.2) is 0 Å². The summed E-state index contributed by atoms with van der Waals surface area (Å²) < 4.78 is 39.2. The van der Waals surface area contributed by atoms with Gasteiger partial charge in [-0.15, -0.1) is 0 Å². The van der Waals surface area contributed by atoms with Crippen LogP contribution in [0.5, 0.6) is 0 Å². The quantitative estimate of drug-likeness (QED) is 0.762. The van der Waals surface area contributed by atoms with E-state index in [1.54, 1.807) is 0 Å². The molecule has 27 heavy (non-hydrogen) atoms. The number of halogens is 3. The topological polar surface area (TPSA) is 41.1 Å². The third kappa shape index (κ3) is 5.25. The van der Waals surface area contributed by atoms with Crippen LogP contribution in [0.2, 0.25) is 0 Å². The number of alkyl halides is 3. The maximum absolute atomic E-state index is 13.1. The number of anilines is 1. The molecule has 3 rings (SSSR count). The van der Waals surface area contributed by atoms with E-state index in [1.165, 1.54) is 18.2 Å². The molecule has 3 nitrogen and oxygen atoms in total. The summed E-state index contributed by atoms with van der Waals surface area (Å²) in [7, 11) is 0. The molecule has 0 heterocycles. The van der Waals surface area contributed by atoms with Gasteiger partial charge in [-0.05, 0) is 55.9 Å². The number of hydrogen-bond acceptors (Lipinski definition) is 2. The molecule has 144 valence electrons. The molecule has 1 saturated carbocycles. The summed E-state index contributed by atoms with van der Waals surface area (Å²) in [5, 5.41) is 6.19. The molecular weight excluding hydrogens is 353 g/mol. The summed E-state index contributed by atoms with van der Waals surface area (Å²) in [6, 6.07) is 14.8. The molecule has 1 aliphatic carbocycles. The number of hydrogen-bond donors (Lipinski definition) is 2. The van der Waals surface area contributed by atoms with Crippen molar-refractivity contribution in [1.82, 2.24) is 5.32 Å². The standard InChI is InChI=1S/C21H23F3N2O/c22-21(23,24)19-9-5-4-8-18(19)20(27)26-17-12-10-15(11-13-17)14-25-16-6-2-1-3-7-16/h1-9,15,17,25H,10-14H2,(H,26,27). The Kier molecular flexibility index (Phi) is 6.04. The molecule has 1 aliphatic rings. The van der Waals surface area contributed by atoms with Crippen LogP contribution in [0.15, 0.2) is 54.6 Å². The summed E-state index contributed by atoms with van der Waals surface area (Å²) in [6.45, 7) is 0.863. The van der Waals surface area contributed by atoms with Crippen LogP contribution in [0, 0.1) is 5.92 Å². The fourth-order valence-corrected chi connectivity index (χ4v) is 3.52. The van der Waals surface area contributed by atoms with E-state index >= 15 is 0 Å². The minimum Gasteiger partial charge on any atom is -0.385 e. The summed E-state index contributed by atoms with van der Waals surface area (Å²) in [4.78, 5) is 12.3. The van der Waals surface area contributed by atoms with Gasteiger partial charge in [-0.3, -0.25) is 4.79 Å². The SMILES string of the molecule is O=C(NC1CCC(CNc2ccccc2)CC1)c1ccccc1C(F)(F)F. The molecule has 0 aliphatic heterocycles. The van der Waals surface area contributed by atoms with Crippen LogP contribution in [0.3, 0.4) is 0 Å². The van der Waals surface area contributed by atoms with Crippen molar-refractivity contribution in [2.24, 2.45) is 5.92 Å². The summed E-state index contributed by atoms with van der Waals surface area (Å²) in [5.41, 5.74) is -0.113. The Hall–Kier alpha value is -2.50. The van der Waals surface area contributed by atoms with E-state index in [9.17, 15) is 18.0 Å². The Balaban J connectivity index is 1.50. The van der Waals surface area contributed by atoms with Gasteiger partial charge >= 0.3 is 6.18 Å². The molecule has 0 saturated heterocycles. The molecule has 2 aromatic carbocycles.